The minimum atomic E-state index is -0.294. The zero-order valence-corrected chi connectivity index (χ0v) is 6.10. The van der Waals surface area contributed by atoms with Gasteiger partial charge in [0.2, 0.25) is 0 Å². The Morgan fingerprint density at radius 3 is 2.33 bits per heavy atom. The molecule has 0 saturated carbocycles. The van der Waals surface area contributed by atoms with E-state index in [-0.39, 0.29) is 18.6 Å². The molecule has 9 heavy (non-hydrogen) atoms. The molecule has 0 aromatic heterocycles. The molecule has 1 nitrogen and oxygen atoms in total. The molecule has 2 heteroatoms. The van der Waals surface area contributed by atoms with Crippen LogP contribution in [0.1, 0.15) is 20.3 Å². The molecule has 0 heterocycles. The summed E-state index contributed by atoms with van der Waals surface area (Å²) in [5.74, 6) is 0.0347. The van der Waals surface area contributed by atoms with Gasteiger partial charge < -0.3 is 0 Å². The smallest absolute Gasteiger partial charge is 0.0940 e. The largest absolute Gasteiger partial charge is 0.297 e. The molecule has 0 aliphatic carbocycles. The van der Waals surface area contributed by atoms with Crippen LogP contribution < -0.4 is 0 Å². The minimum absolute atomic E-state index is 0.0347. The van der Waals surface area contributed by atoms with E-state index in [0.29, 0.717) is 0 Å². The molecular formula is C7H14FN. The summed E-state index contributed by atoms with van der Waals surface area (Å²) in [5, 5.41) is 0. The zero-order chi connectivity index (χ0) is 7.28. The molecule has 0 aliphatic rings. The van der Waals surface area contributed by atoms with Crippen LogP contribution in [-0.2, 0) is 0 Å². The summed E-state index contributed by atoms with van der Waals surface area (Å²) in [5.41, 5.74) is 0. The first-order chi connectivity index (χ1) is 4.26. The highest BCUT2D eigenvalue weighted by Crippen LogP contribution is 2.10. The standard InChI is InChI=1S/C7H14FN/c1-4-7(9-3)6(2)5-8/h6-7H,3-5H2,1-2H3/t6?,7-/m1/s1. The van der Waals surface area contributed by atoms with Crippen molar-refractivity contribution in [3.63, 3.8) is 0 Å². The molecule has 0 saturated heterocycles. The number of rotatable bonds is 4. The molecule has 0 aliphatic heterocycles. The number of hydrogen-bond donors (Lipinski definition) is 0. The lowest BCUT2D eigenvalue weighted by molar-refractivity contribution is 0.332. The topological polar surface area (TPSA) is 12.4 Å². The number of alkyl halides is 1. The second kappa shape index (κ2) is 4.48. The second-order valence-electron chi connectivity index (χ2n) is 2.29. The fourth-order valence-electron chi connectivity index (χ4n) is 0.814. The molecule has 54 valence electrons. The number of halogens is 1. The van der Waals surface area contributed by atoms with Gasteiger partial charge in [-0.1, -0.05) is 13.8 Å². The van der Waals surface area contributed by atoms with E-state index >= 15 is 0 Å². The third-order valence-corrected chi connectivity index (χ3v) is 1.55. The van der Waals surface area contributed by atoms with Gasteiger partial charge in [0.15, 0.2) is 0 Å². The van der Waals surface area contributed by atoms with Gasteiger partial charge in [0.25, 0.3) is 0 Å². The van der Waals surface area contributed by atoms with Gasteiger partial charge in [-0.05, 0) is 13.1 Å². The Hall–Kier alpha value is -0.400. The summed E-state index contributed by atoms with van der Waals surface area (Å²) in [6, 6.07) is 0.106. The Kier molecular flexibility index (Phi) is 4.28. The van der Waals surface area contributed by atoms with E-state index in [9.17, 15) is 4.39 Å². The van der Waals surface area contributed by atoms with Crippen molar-refractivity contribution >= 4 is 6.72 Å². The molecule has 0 N–H and O–H groups in total. The summed E-state index contributed by atoms with van der Waals surface area (Å²) in [4.78, 5) is 3.79. The average Bonchev–Trinajstić information content (AvgIpc) is 1.90. The Bertz CT molecular complexity index is 83.0. The van der Waals surface area contributed by atoms with Gasteiger partial charge in [-0.3, -0.25) is 9.38 Å². The van der Waals surface area contributed by atoms with Gasteiger partial charge in [0.1, 0.15) is 0 Å². The maximum absolute atomic E-state index is 11.9. The molecule has 2 atom stereocenters. The second-order valence-corrected chi connectivity index (χ2v) is 2.29. The van der Waals surface area contributed by atoms with Crippen LogP contribution >= 0.6 is 0 Å². The van der Waals surface area contributed by atoms with Crippen LogP contribution in [0.15, 0.2) is 4.99 Å². The Morgan fingerprint density at radius 1 is 1.67 bits per heavy atom. The molecule has 0 fully saturated rings. The van der Waals surface area contributed by atoms with Crippen molar-refractivity contribution in [2.24, 2.45) is 10.9 Å². The summed E-state index contributed by atoms with van der Waals surface area (Å²) < 4.78 is 11.9. The number of hydrogen-bond acceptors (Lipinski definition) is 1. The van der Waals surface area contributed by atoms with Crippen molar-refractivity contribution in [1.82, 2.24) is 0 Å². The Labute approximate surface area is 56.0 Å². The van der Waals surface area contributed by atoms with Crippen LogP contribution in [0.2, 0.25) is 0 Å². The summed E-state index contributed by atoms with van der Waals surface area (Å²) >= 11 is 0. The highest BCUT2D eigenvalue weighted by molar-refractivity contribution is 5.24. The van der Waals surface area contributed by atoms with Crippen molar-refractivity contribution in [1.29, 1.82) is 0 Å². The van der Waals surface area contributed by atoms with Crippen LogP contribution in [0, 0.1) is 5.92 Å². The van der Waals surface area contributed by atoms with Crippen molar-refractivity contribution in [3.8, 4) is 0 Å². The highest BCUT2D eigenvalue weighted by atomic mass is 19.1. The lowest BCUT2D eigenvalue weighted by atomic mass is 10.0. The predicted octanol–water partition coefficient (Wildman–Crippen LogP) is 2.07. The van der Waals surface area contributed by atoms with Crippen molar-refractivity contribution in [2.75, 3.05) is 6.67 Å². The van der Waals surface area contributed by atoms with Gasteiger partial charge in [0.05, 0.1) is 12.7 Å². The summed E-state index contributed by atoms with van der Waals surface area (Å²) in [6.07, 6.45) is 0.884. The maximum atomic E-state index is 11.9. The Balaban J connectivity index is 3.63. The van der Waals surface area contributed by atoms with Gasteiger partial charge >= 0.3 is 0 Å². The van der Waals surface area contributed by atoms with Gasteiger partial charge in [0, 0.05) is 5.92 Å². The third-order valence-electron chi connectivity index (χ3n) is 1.55. The first-order valence-electron chi connectivity index (χ1n) is 3.28. The van der Waals surface area contributed by atoms with E-state index in [1.165, 1.54) is 0 Å². The van der Waals surface area contributed by atoms with E-state index in [0.717, 1.165) is 6.42 Å². The number of nitrogens with zero attached hydrogens (tertiary/aromatic N) is 1. The van der Waals surface area contributed by atoms with E-state index < -0.39 is 0 Å². The first-order valence-corrected chi connectivity index (χ1v) is 3.28. The lowest BCUT2D eigenvalue weighted by Crippen LogP contribution is -2.15. The monoisotopic (exact) mass is 131 g/mol. The van der Waals surface area contributed by atoms with E-state index in [1.54, 1.807) is 0 Å². The lowest BCUT2D eigenvalue weighted by Gasteiger charge is -2.13. The van der Waals surface area contributed by atoms with Crippen LogP contribution in [0.4, 0.5) is 4.39 Å². The van der Waals surface area contributed by atoms with Crippen LogP contribution in [-0.4, -0.2) is 19.4 Å². The SMILES string of the molecule is C=N[C@H](CC)C(C)CF. The maximum Gasteiger partial charge on any atom is 0.0940 e. The van der Waals surface area contributed by atoms with Crippen LogP contribution in [0.3, 0.4) is 0 Å². The zero-order valence-electron chi connectivity index (χ0n) is 6.10. The van der Waals surface area contributed by atoms with Gasteiger partial charge in [-0.25, -0.2) is 0 Å². The minimum Gasteiger partial charge on any atom is -0.297 e. The predicted molar refractivity (Wildman–Crippen MR) is 38.8 cm³/mol. The first kappa shape index (κ1) is 8.60. The molecule has 0 amide bonds. The molecule has 0 aromatic carbocycles. The Morgan fingerprint density at radius 2 is 2.22 bits per heavy atom. The van der Waals surface area contributed by atoms with Gasteiger partial charge in [-0.2, -0.15) is 0 Å². The fraction of sp³-hybridized carbons (Fsp3) is 0.857. The molecule has 1 unspecified atom stereocenters. The number of aliphatic imine (C=N–C) groups is 1. The van der Waals surface area contributed by atoms with Crippen molar-refractivity contribution in [3.05, 3.63) is 0 Å². The molecule has 0 rings (SSSR count). The fourth-order valence-corrected chi connectivity index (χ4v) is 0.814. The molecular weight excluding hydrogens is 117 g/mol. The van der Waals surface area contributed by atoms with Crippen LogP contribution in [0.25, 0.3) is 0 Å². The van der Waals surface area contributed by atoms with E-state index in [4.69, 9.17) is 0 Å². The molecule has 0 aromatic rings. The molecule has 0 spiro atoms. The molecule has 0 radical (unpaired) electrons. The normalized spacial score (nSPS) is 16.8. The third kappa shape index (κ3) is 2.59. The molecule has 0 bridgehead atoms. The average molecular weight is 131 g/mol. The summed E-state index contributed by atoms with van der Waals surface area (Å²) in [6.45, 7) is 6.93. The van der Waals surface area contributed by atoms with E-state index in [1.807, 2.05) is 13.8 Å². The van der Waals surface area contributed by atoms with Crippen LogP contribution in [0.5, 0.6) is 0 Å². The summed E-state index contributed by atoms with van der Waals surface area (Å²) in [7, 11) is 0. The van der Waals surface area contributed by atoms with E-state index in [2.05, 4.69) is 11.7 Å². The van der Waals surface area contributed by atoms with Crippen molar-refractivity contribution in [2.45, 2.75) is 26.3 Å². The quantitative estimate of drug-likeness (QED) is 0.518. The highest BCUT2D eigenvalue weighted by Gasteiger charge is 2.11. The van der Waals surface area contributed by atoms with Gasteiger partial charge in [-0.15, -0.1) is 0 Å². The van der Waals surface area contributed by atoms with Crippen molar-refractivity contribution < 1.29 is 4.39 Å².